The van der Waals surface area contributed by atoms with Crippen molar-refractivity contribution in [1.29, 1.82) is 0 Å². The number of rotatable bonds is 5. The van der Waals surface area contributed by atoms with Crippen molar-refractivity contribution in [3.8, 4) is 17.1 Å². The highest BCUT2D eigenvalue weighted by Gasteiger charge is 2.25. The summed E-state index contributed by atoms with van der Waals surface area (Å²) in [6, 6.07) is 9.63. The normalized spacial score (nSPS) is 12.4. The van der Waals surface area contributed by atoms with Gasteiger partial charge in [-0.15, -0.1) is 21.5 Å². The molecular weight excluding hydrogens is 436 g/mol. The van der Waals surface area contributed by atoms with Crippen molar-refractivity contribution in [3.63, 3.8) is 0 Å². The maximum absolute atomic E-state index is 11.6. The summed E-state index contributed by atoms with van der Waals surface area (Å²) in [5.41, 5.74) is 2.77. The van der Waals surface area contributed by atoms with Crippen LogP contribution in [0.25, 0.3) is 23.1 Å². The molecule has 1 N–H and O–H groups in total. The quantitative estimate of drug-likeness (QED) is 0.484. The molecule has 1 amide bonds. The Morgan fingerprint density at radius 2 is 1.94 bits per heavy atom. The average molecular weight is 465 g/mol. The second kappa shape index (κ2) is 8.47. The molecule has 0 saturated carbocycles. The number of nitrogens with zero attached hydrogens (tertiary/aromatic N) is 5. The number of anilines is 2. The molecule has 0 aliphatic heterocycles. The smallest absolute Gasteiger partial charge is 0.221 e. The molecule has 1 aromatic carbocycles. The van der Waals surface area contributed by atoms with E-state index in [2.05, 4.69) is 59.4 Å². The summed E-state index contributed by atoms with van der Waals surface area (Å²) in [7, 11) is 5.67. The zero-order valence-corrected chi connectivity index (χ0v) is 20.7. The van der Waals surface area contributed by atoms with Gasteiger partial charge in [0, 0.05) is 42.2 Å². The summed E-state index contributed by atoms with van der Waals surface area (Å²) in [5, 5.41) is 18.8. The van der Waals surface area contributed by atoms with Crippen LogP contribution in [0.2, 0.25) is 0 Å². The van der Waals surface area contributed by atoms with E-state index in [1.807, 2.05) is 20.2 Å². The number of carbonyl (C=O) groups excluding carboxylic acids is 1. The minimum atomic E-state index is -0.201. The van der Waals surface area contributed by atoms with Gasteiger partial charge < -0.3 is 15.0 Å². The summed E-state index contributed by atoms with van der Waals surface area (Å²) >= 11 is 1.71. The number of methoxy groups -OCH3 is 1. The second-order valence-corrected chi connectivity index (χ2v) is 10.2. The van der Waals surface area contributed by atoms with Gasteiger partial charge in [0.15, 0.2) is 11.5 Å². The van der Waals surface area contributed by atoms with Gasteiger partial charge in [-0.1, -0.05) is 20.8 Å². The Kier molecular flexibility index (Phi) is 5.84. The molecule has 0 aliphatic carbocycles. The second-order valence-electron chi connectivity index (χ2n) is 9.08. The highest BCUT2D eigenvalue weighted by atomic mass is 32.1. The molecule has 0 atom stereocenters. The number of aromatic nitrogens is 4. The summed E-state index contributed by atoms with van der Waals surface area (Å²) in [4.78, 5) is 14.8. The van der Waals surface area contributed by atoms with Gasteiger partial charge in [0.25, 0.3) is 0 Å². The molecule has 172 valence electrons. The van der Waals surface area contributed by atoms with E-state index >= 15 is 0 Å². The average Bonchev–Trinajstić information content (AvgIpc) is 3.43. The van der Waals surface area contributed by atoms with E-state index in [0.717, 1.165) is 15.8 Å². The zero-order chi connectivity index (χ0) is 23.9. The first-order chi connectivity index (χ1) is 15.6. The van der Waals surface area contributed by atoms with E-state index in [9.17, 15) is 4.79 Å². The Labute approximate surface area is 196 Å². The minimum Gasteiger partial charge on any atom is -0.496 e. The maximum atomic E-state index is 11.6. The van der Waals surface area contributed by atoms with Gasteiger partial charge in [-0.25, -0.2) is 0 Å². The van der Waals surface area contributed by atoms with Gasteiger partial charge >= 0.3 is 0 Å². The summed E-state index contributed by atoms with van der Waals surface area (Å²) in [5.74, 6) is 1.03. The van der Waals surface area contributed by atoms with Gasteiger partial charge in [-0.2, -0.15) is 9.61 Å². The fraction of sp³-hybridized carbons (Fsp3) is 0.333. The van der Waals surface area contributed by atoms with Crippen LogP contribution in [-0.2, 0) is 10.2 Å². The van der Waals surface area contributed by atoms with E-state index in [1.54, 1.807) is 35.1 Å². The van der Waals surface area contributed by atoms with Crippen LogP contribution < -0.4 is 20.2 Å². The molecule has 0 aliphatic rings. The Morgan fingerprint density at radius 3 is 2.55 bits per heavy atom. The van der Waals surface area contributed by atoms with Crippen LogP contribution >= 0.6 is 11.3 Å². The van der Waals surface area contributed by atoms with Crippen LogP contribution in [0.1, 0.15) is 38.3 Å². The summed E-state index contributed by atoms with van der Waals surface area (Å²) < 4.78 is 7.34. The third kappa shape index (κ3) is 4.41. The number of carbonyl (C=O) groups is 1. The predicted octanol–water partition coefficient (Wildman–Crippen LogP) is 3.73. The summed E-state index contributed by atoms with van der Waals surface area (Å²) in [6.07, 6.45) is 2.13. The molecule has 0 radical (unpaired) electrons. The van der Waals surface area contributed by atoms with Crippen molar-refractivity contribution < 1.29 is 9.53 Å². The number of hydrogen-bond donors (Lipinski definition) is 1. The summed E-state index contributed by atoms with van der Waals surface area (Å²) in [6.45, 7) is 7.88. The number of amides is 1. The van der Waals surface area contributed by atoms with E-state index in [0.29, 0.717) is 28.5 Å². The molecular formula is C24H28N6O2S. The molecule has 33 heavy (non-hydrogen) atoms. The zero-order valence-electron chi connectivity index (χ0n) is 19.9. The number of thiophene rings is 1. The molecule has 8 nitrogen and oxygen atoms in total. The molecule has 0 spiro atoms. The predicted molar refractivity (Wildman–Crippen MR) is 133 cm³/mol. The largest absolute Gasteiger partial charge is 0.496 e. The van der Waals surface area contributed by atoms with E-state index in [-0.39, 0.29) is 11.3 Å². The molecule has 9 heteroatoms. The van der Waals surface area contributed by atoms with Crippen LogP contribution in [0.3, 0.4) is 0 Å². The number of nitrogens with one attached hydrogen (secondary N) is 1. The Morgan fingerprint density at radius 1 is 1.18 bits per heavy atom. The van der Waals surface area contributed by atoms with Gasteiger partial charge in [0.05, 0.1) is 23.4 Å². The Bertz CT molecular complexity index is 1380. The molecule has 4 rings (SSSR count). The lowest BCUT2D eigenvalue weighted by molar-refractivity contribution is -0.114. The van der Waals surface area contributed by atoms with Crippen molar-refractivity contribution in [2.24, 2.45) is 0 Å². The Balaban J connectivity index is 1.94. The van der Waals surface area contributed by atoms with Crippen molar-refractivity contribution in [2.75, 3.05) is 31.4 Å². The van der Waals surface area contributed by atoms with Gasteiger partial charge in [0.2, 0.25) is 5.91 Å². The molecule has 0 unspecified atom stereocenters. The van der Waals surface area contributed by atoms with Crippen molar-refractivity contribution in [3.05, 3.63) is 46.1 Å². The lowest BCUT2D eigenvalue weighted by atomic mass is 9.91. The molecule has 0 fully saturated rings. The van der Waals surface area contributed by atoms with Gasteiger partial charge in [-0.3, -0.25) is 4.79 Å². The Hall–Kier alpha value is -3.46. The van der Waals surface area contributed by atoms with Crippen molar-refractivity contribution >= 4 is 39.7 Å². The van der Waals surface area contributed by atoms with E-state index < -0.39 is 0 Å². The van der Waals surface area contributed by atoms with Crippen LogP contribution in [0, 0.1) is 0 Å². The van der Waals surface area contributed by atoms with Gasteiger partial charge in [-0.05, 0) is 36.4 Å². The van der Waals surface area contributed by atoms with Crippen molar-refractivity contribution in [1.82, 2.24) is 19.8 Å². The third-order valence-electron chi connectivity index (χ3n) is 5.15. The first kappa shape index (κ1) is 22.7. The maximum Gasteiger partial charge on any atom is 0.221 e. The van der Waals surface area contributed by atoms with E-state index in [1.165, 1.54) is 11.9 Å². The molecule has 0 saturated heterocycles. The first-order valence-electron chi connectivity index (χ1n) is 10.6. The van der Waals surface area contributed by atoms with Crippen molar-refractivity contribution in [2.45, 2.75) is 33.1 Å². The highest BCUT2D eigenvalue weighted by molar-refractivity contribution is 7.16. The van der Waals surface area contributed by atoms with Crippen LogP contribution in [0.4, 0.5) is 10.7 Å². The van der Waals surface area contributed by atoms with Crippen LogP contribution in [0.15, 0.2) is 30.3 Å². The molecule has 3 heterocycles. The van der Waals surface area contributed by atoms with Gasteiger partial charge in [0.1, 0.15) is 5.75 Å². The molecule has 4 aromatic rings. The lowest BCUT2D eigenvalue weighted by Gasteiger charge is -2.15. The molecule has 3 aromatic heterocycles. The van der Waals surface area contributed by atoms with Crippen LogP contribution in [0.5, 0.6) is 5.75 Å². The first-order valence-corrected chi connectivity index (χ1v) is 11.4. The lowest BCUT2D eigenvalue weighted by Crippen LogP contribution is -2.22. The third-order valence-corrected chi connectivity index (χ3v) is 6.35. The number of ether oxygens (including phenoxy) is 1. The monoisotopic (exact) mass is 464 g/mol. The van der Waals surface area contributed by atoms with E-state index in [4.69, 9.17) is 9.84 Å². The fourth-order valence-electron chi connectivity index (χ4n) is 3.62. The number of benzene rings is 1. The molecule has 0 bridgehead atoms. The highest BCUT2D eigenvalue weighted by Crippen LogP contribution is 2.32. The minimum absolute atomic E-state index is 0.149. The number of hydrogen-bond acceptors (Lipinski definition) is 7. The number of fused-ring (bicyclic) bond motifs is 1. The standard InChI is InChI=1S/C24H28N6O2S/c1-14(31)25-15-8-10-19(32-7)17(12-15)22-26-27-23-18(21(24(2,3)4)28-30(22)23)13-16-9-11-20(33-16)29(5)6/h8-13H,1-7H3,(H,25,31)/b18-13-. The fourth-order valence-corrected chi connectivity index (χ4v) is 4.50. The topological polar surface area (TPSA) is 84.6 Å². The van der Waals surface area contributed by atoms with Crippen LogP contribution in [-0.4, -0.2) is 46.9 Å². The SMILES string of the molecule is COc1ccc(NC(C)=O)cc1-c1nnc2/c(=C\c3ccc(N(C)C)s3)c(C(C)(C)C)nn12.